The first kappa shape index (κ1) is 20.5. The van der Waals surface area contributed by atoms with E-state index in [1.165, 1.54) is 30.0 Å². The van der Waals surface area contributed by atoms with Crippen LogP contribution >= 0.6 is 11.8 Å². The van der Waals surface area contributed by atoms with Crippen molar-refractivity contribution in [3.8, 4) is 0 Å². The van der Waals surface area contributed by atoms with Crippen LogP contribution in [0.3, 0.4) is 0 Å². The van der Waals surface area contributed by atoms with Gasteiger partial charge in [0.2, 0.25) is 0 Å². The molecule has 0 atom stereocenters. The lowest BCUT2D eigenvalue weighted by Crippen LogP contribution is -2.23. The molecule has 154 valence electrons. The van der Waals surface area contributed by atoms with Crippen LogP contribution < -0.4 is 5.32 Å². The Hall–Kier alpha value is -3.78. The van der Waals surface area contributed by atoms with Gasteiger partial charge in [0, 0.05) is 34.1 Å². The fourth-order valence-corrected chi connectivity index (χ4v) is 3.83. The normalized spacial score (nSPS) is 12.0. The van der Waals surface area contributed by atoms with Crippen molar-refractivity contribution in [1.82, 2.24) is 4.98 Å². The molecule has 0 spiro atoms. The topological polar surface area (TPSA) is 102 Å². The number of pyridine rings is 1. The molecule has 0 saturated heterocycles. The van der Waals surface area contributed by atoms with E-state index >= 15 is 0 Å². The number of ether oxygens (including phenoxy) is 1. The molecule has 1 aliphatic carbocycles. The molecule has 1 N–H and O–H groups in total. The molecule has 7 nitrogen and oxygen atoms in total. The third-order valence-electron chi connectivity index (χ3n) is 4.73. The molecule has 1 aromatic heterocycles. The van der Waals surface area contributed by atoms with E-state index in [-0.39, 0.29) is 28.3 Å². The van der Waals surface area contributed by atoms with Gasteiger partial charge in [-0.25, -0.2) is 9.78 Å². The number of nitrogens with one attached hydrogen (secondary N) is 1. The Morgan fingerprint density at radius 2 is 1.61 bits per heavy atom. The lowest BCUT2D eigenvalue weighted by atomic mass is 9.84. The summed E-state index contributed by atoms with van der Waals surface area (Å²) in [5, 5.41) is 3.09. The highest BCUT2D eigenvalue weighted by atomic mass is 32.2. The van der Waals surface area contributed by atoms with Gasteiger partial charge < -0.3 is 10.1 Å². The van der Waals surface area contributed by atoms with Gasteiger partial charge in [0.25, 0.3) is 5.91 Å². The number of ketones is 2. The number of nitrogens with zero attached hydrogens (tertiary/aromatic N) is 1. The van der Waals surface area contributed by atoms with Gasteiger partial charge in [0.15, 0.2) is 18.2 Å². The summed E-state index contributed by atoms with van der Waals surface area (Å²) >= 11 is 1.30. The summed E-state index contributed by atoms with van der Waals surface area (Å²) in [7, 11) is 0. The number of benzene rings is 2. The predicted octanol–water partition coefficient (Wildman–Crippen LogP) is 3.37. The van der Waals surface area contributed by atoms with Crippen LogP contribution in [0.5, 0.6) is 0 Å². The van der Waals surface area contributed by atoms with Crippen molar-refractivity contribution in [3.05, 3.63) is 88.6 Å². The lowest BCUT2D eigenvalue weighted by Gasteiger charge is -2.18. The smallest absolute Gasteiger partial charge is 0.341 e. The van der Waals surface area contributed by atoms with E-state index in [2.05, 4.69) is 10.3 Å². The van der Waals surface area contributed by atoms with E-state index in [1.54, 1.807) is 48.9 Å². The average molecular weight is 432 g/mol. The summed E-state index contributed by atoms with van der Waals surface area (Å²) in [4.78, 5) is 54.0. The highest BCUT2D eigenvalue weighted by Crippen LogP contribution is 2.29. The second-order valence-electron chi connectivity index (χ2n) is 6.65. The molecule has 1 amide bonds. The molecule has 31 heavy (non-hydrogen) atoms. The quantitative estimate of drug-likeness (QED) is 0.381. The Balaban J connectivity index is 1.46. The molecule has 0 bridgehead atoms. The molecule has 1 aliphatic rings. The molecule has 0 unspecified atom stereocenters. The number of aromatic nitrogens is 1. The molecule has 0 saturated carbocycles. The first-order valence-corrected chi connectivity index (χ1v) is 10.5. The van der Waals surface area contributed by atoms with Crippen LogP contribution in [-0.4, -0.2) is 41.3 Å². The monoisotopic (exact) mass is 432 g/mol. The SMILES string of the molecule is CSc1ncccc1C(=O)OCC(=O)Nc1ccc2c(c1)C(=O)c1ccccc1C2=O. The van der Waals surface area contributed by atoms with Crippen LogP contribution in [0.4, 0.5) is 5.69 Å². The van der Waals surface area contributed by atoms with Gasteiger partial charge in [-0.05, 0) is 36.6 Å². The van der Waals surface area contributed by atoms with Crippen LogP contribution in [0.15, 0.2) is 65.8 Å². The standard InChI is InChI=1S/C23H16N2O5S/c1-31-22-17(7-4-10-24-22)23(29)30-12-19(26)25-13-8-9-16-18(11-13)21(28)15-6-3-2-5-14(15)20(16)27/h2-11H,12H2,1H3,(H,25,26). The van der Waals surface area contributed by atoms with Crippen LogP contribution in [0.25, 0.3) is 0 Å². The summed E-state index contributed by atoms with van der Waals surface area (Å²) in [6.07, 6.45) is 3.35. The maximum atomic E-state index is 12.8. The third-order valence-corrected chi connectivity index (χ3v) is 5.44. The first-order chi connectivity index (χ1) is 15.0. The average Bonchev–Trinajstić information content (AvgIpc) is 2.81. The number of hydrogen-bond acceptors (Lipinski definition) is 7. The Bertz CT molecular complexity index is 1240. The summed E-state index contributed by atoms with van der Waals surface area (Å²) in [6, 6.07) is 14.3. The molecular formula is C23H16N2O5S. The number of thioether (sulfide) groups is 1. The summed E-state index contributed by atoms with van der Waals surface area (Å²) in [5.41, 5.74) is 1.81. The highest BCUT2D eigenvalue weighted by molar-refractivity contribution is 7.98. The fourth-order valence-electron chi connectivity index (χ4n) is 3.29. The Labute approximate surface area is 181 Å². The van der Waals surface area contributed by atoms with E-state index in [0.717, 1.165) is 0 Å². The van der Waals surface area contributed by atoms with E-state index < -0.39 is 18.5 Å². The van der Waals surface area contributed by atoms with E-state index in [1.807, 2.05) is 0 Å². The zero-order valence-electron chi connectivity index (χ0n) is 16.4. The minimum atomic E-state index is -0.657. The van der Waals surface area contributed by atoms with Crippen molar-refractivity contribution in [2.75, 3.05) is 18.2 Å². The largest absolute Gasteiger partial charge is 0.452 e. The molecular weight excluding hydrogens is 416 g/mol. The Kier molecular flexibility index (Phi) is 5.64. The first-order valence-electron chi connectivity index (χ1n) is 9.28. The molecule has 2 aromatic carbocycles. The van der Waals surface area contributed by atoms with Crippen molar-refractivity contribution in [2.45, 2.75) is 5.03 Å². The molecule has 0 fully saturated rings. The fraction of sp³-hybridized carbons (Fsp3) is 0.0870. The predicted molar refractivity (Wildman–Crippen MR) is 115 cm³/mol. The van der Waals surface area contributed by atoms with Crippen molar-refractivity contribution < 1.29 is 23.9 Å². The maximum absolute atomic E-state index is 12.8. The maximum Gasteiger partial charge on any atom is 0.341 e. The minimum absolute atomic E-state index is 0.221. The number of rotatable bonds is 5. The Morgan fingerprint density at radius 3 is 2.32 bits per heavy atom. The molecule has 0 aliphatic heterocycles. The van der Waals surface area contributed by atoms with Crippen LogP contribution in [0.2, 0.25) is 0 Å². The Morgan fingerprint density at radius 1 is 0.935 bits per heavy atom. The molecule has 3 aromatic rings. The number of carbonyl (C=O) groups excluding carboxylic acids is 4. The van der Waals surface area contributed by atoms with Gasteiger partial charge in [-0.2, -0.15) is 0 Å². The van der Waals surface area contributed by atoms with E-state index in [4.69, 9.17) is 4.74 Å². The number of esters is 1. The van der Waals surface area contributed by atoms with Gasteiger partial charge in [-0.15, -0.1) is 11.8 Å². The van der Waals surface area contributed by atoms with E-state index in [0.29, 0.717) is 21.8 Å². The minimum Gasteiger partial charge on any atom is -0.452 e. The molecule has 8 heteroatoms. The van der Waals surface area contributed by atoms with Gasteiger partial charge >= 0.3 is 5.97 Å². The number of fused-ring (bicyclic) bond motifs is 2. The summed E-state index contributed by atoms with van der Waals surface area (Å²) < 4.78 is 5.08. The zero-order valence-corrected chi connectivity index (χ0v) is 17.2. The number of hydrogen-bond donors (Lipinski definition) is 1. The van der Waals surface area contributed by atoms with Crippen molar-refractivity contribution in [3.63, 3.8) is 0 Å². The number of anilines is 1. The number of carbonyl (C=O) groups is 4. The second-order valence-corrected chi connectivity index (χ2v) is 7.44. The van der Waals surface area contributed by atoms with Crippen LogP contribution in [0, 0.1) is 0 Å². The third kappa shape index (κ3) is 3.97. The summed E-state index contributed by atoms with van der Waals surface area (Å²) in [5.74, 6) is -1.75. The highest BCUT2D eigenvalue weighted by Gasteiger charge is 2.29. The molecule has 4 rings (SSSR count). The molecule has 0 radical (unpaired) electrons. The van der Waals surface area contributed by atoms with Gasteiger partial charge in [0.1, 0.15) is 5.03 Å². The second kappa shape index (κ2) is 8.53. The van der Waals surface area contributed by atoms with Gasteiger partial charge in [-0.3, -0.25) is 14.4 Å². The molecule has 1 heterocycles. The van der Waals surface area contributed by atoms with Crippen molar-refractivity contribution in [2.24, 2.45) is 0 Å². The van der Waals surface area contributed by atoms with Crippen molar-refractivity contribution >= 4 is 40.9 Å². The van der Waals surface area contributed by atoms with Crippen LogP contribution in [0.1, 0.15) is 42.2 Å². The zero-order chi connectivity index (χ0) is 22.0. The lowest BCUT2D eigenvalue weighted by molar-refractivity contribution is -0.119. The number of amides is 1. The van der Waals surface area contributed by atoms with Gasteiger partial charge in [0.05, 0.1) is 5.56 Å². The van der Waals surface area contributed by atoms with Crippen molar-refractivity contribution in [1.29, 1.82) is 0 Å². The van der Waals surface area contributed by atoms with Gasteiger partial charge in [-0.1, -0.05) is 24.3 Å². The van der Waals surface area contributed by atoms with E-state index in [9.17, 15) is 19.2 Å². The summed E-state index contributed by atoms with van der Waals surface area (Å²) in [6.45, 7) is -0.506. The van der Waals surface area contributed by atoms with Crippen LogP contribution in [-0.2, 0) is 9.53 Å².